The average molecular weight is 329 g/mol. The first-order chi connectivity index (χ1) is 11.1. The predicted octanol–water partition coefficient (Wildman–Crippen LogP) is 1.86. The molecule has 0 unspecified atom stereocenters. The number of fused-ring (bicyclic) bond motifs is 1. The van der Waals surface area contributed by atoms with Gasteiger partial charge in [-0.1, -0.05) is 12.1 Å². The number of benzene rings is 1. The Bertz CT molecular complexity index is 961. The third-order valence-electron chi connectivity index (χ3n) is 3.04. The van der Waals surface area contributed by atoms with Gasteiger partial charge >= 0.3 is 0 Å². The minimum atomic E-state index is -0.606. The monoisotopic (exact) mass is 329 g/mol. The number of carbonyl (C=O) groups is 2. The standard InChI is InChI=1S/C15H11N3O4S/c1-16-13(20)9-7-23-15(17-9)18-14(21)12-6-10(19)8-4-2-3-5-11(8)22-12/h2-7H,1H3,(H,16,20)(H,17,18,21). The number of nitrogens with one attached hydrogen (secondary N) is 2. The van der Waals surface area contributed by atoms with Crippen LogP contribution in [0.5, 0.6) is 0 Å². The Morgan fingerprint density at radius 2 is 2.00 bits per heavy atom. The molecule has 0 bridgehead atoms. The summed E-state index contributed by atoms with van der Waals surface area (Å²) in [6, 6.07) is 7.79. The van der Waals surface area contributed by atoms with E-state index in [1.807, 2.05) is 0 Å². The van der Waals surface area contributed by atoms with Gasteiger partial charge in [-0.05, 0) is 12.1 Å². The summed E-state index contributed by atoms with van der Waals surface area (Å²) in [6.45, 7) is 0. The molecule has 0 saturated carbocycles. The van der Waals surface area contributed by atoms with E-state index >= 15 is 0 Å². The number of hydrogen-bond acceptors (Lipinski definition) is 6. The first kappa shape index (κ1) is 14.9. The van der Waals surface area contributed by atoms with Crippen molar-refractivity contribution >= 4 is 39.3 Å². The molecular formula is C15H11N3O4S. The SMILES string of the molecule is CNC(=O)c1csc(NC(=O)c2cc(=O)c3ccccc3o2)n1. The van der Waals surface area contributed by atoms with Gasteiger partial charge in [-0.2, -0.15) is 0 Å². The van der Waals surface area contributed by atoms with Crippen LogP contribution in [0.25, 0.3) is 11.0 Å². The van der Waals surface area contributed by atoms with Crippen LogP contribution in [0.4, 0.5) is 5.13 Å². The molecule has 2 heterocycles. The molecule has 0 aliphatic rings. The van der Waals surface area contributed by atoms with E-state index in [2.05, 4.69) is 15.6 Å². The Morgan fingerprint density at radius 3 is 2.78 bits per heavy atom. The van der Waals surface area contributed by atoms with Crippen molar-refractivity contribution in [3.63, 3.8) is 0 Å². The molecule has 7 nitrogen and oxygen atoms in total. The van der Waals surface area contributed by atoms with Crippen molar-refractivity contribution < 1.29 is 14.0 Å². The topological polar surface area (TPSA) is 101 Å². The molecule has 0 aliphatic heterocycles. The zero-order valence-electron chi connectivity index (χ0n) is 12.0. The van der Waals surface area contributed by atoms with Gasteiger partial charge in [0, 0.05) is 18.5 Å². The fourth-order valence-corrected chi connectivity index (χ4v) is 2.62. The van der Waals surface area contributed by atoms with E-state index in [0.717, 1.165) is 17.4 Å². The van der Waals surface area contributed by atoms with E-state index < -0.39 is 5.91 Å². The van der Waals surface area contributed by atoms with Gasteiger partial charge in [-0.15, -0.1) is 11.3 Å². The quantitative estimate of drug-likeness (QED) is 0.764. The van der Waals surface area contributed by atoms with Crippen LogP contribution < -0.4 is 16.1 Å². The van der Waals surface area contributed by atoms with Crippen LogP contribution in [-0.2, 0) is 0 Å². The lowest BCUT2D eigenvalue weighted by atomic mass is 10.2. The first-order valence-corrected chi connectivity index (χ1v) is 7.48. The number of rotatable bonds is 3. The van der Waals surface area contributed by atoms with Crippen molar-refractivity contribution in [2.45, 2.75) is 0 Å². The van der Waals surface area contributed by atoms with Crippen LogP contribution in [0.1, 0.15) is 21.0 Å². The van der Waals surface area contributed by atoms with E-state index in [-0.39, 0.29) is 27.9 Å². The number of thiazole rings is 1. The molecule has 3 rings (SSSR count). The second-order valence-electron chi connectivity index (χ2n) is 4.54. The summed E-state index contributed by atoms with van der Waals surface area (Å²) < 4.78 is 5.44. The molecule has 0 spiro atoms. The Morgan fingerprint density at radius 1 is 1.22 bits per heavy atom. The molecule has 23 heavy (non-hydrogen) atoms. The number of para-hydroxylation sites is 1. The fourth-order valence-electron chi connectivity index (χ4n) is 1.94. The fraction of sp³-hybridized carbons (Fsp3) is 0.0667. The first-order valence-electron chi connectivity index (χ1n) is 6.60. The molecule has 0 radical (unpaired) electrons. The Kier molecular flexibility index (Phi) is 3.90. The number of aromatic nitrogens is 1. The Labute approximate surface area is 134 Å². The molecule has 0 aliphatic carbocycles. The van der Waals surface area contributed by atoms with E-state index in [1.54, 1.807) is 24.3 Å². The molecule has 3 aromatic rings. The van der Waals surface area contributed by atoms with Crippen molar-refractivity contribution in [3.8, 4) is 0 Å². The van der Waals surface area contributed by atoms with E-state index in [9.17, 15) is 14.4 Å². The smallest absolute Gasteiger partial charge is 0.293 e. The molecule has 1 aromatic carbocycles. The maximum absolute atomic E-state index is 12.2. The molecule has 2 amide bonds. The minimum Gasteiger partial charge on any atom is -0.451 e. The van der Waals surface area contributed by atoms with Crippen LogP contribution >= 0.6 is 11.3 Å². The van der Waals surface area contributed by atoms with E-state index in [4.69, 9.17) is 4.42 Å². The molecule has 8 heteroatoms. The largest absolute Gasteiger partial charge is 0.451 e. The third kappa shape index (κ3) is 2.97. The van der Waals surface area contributed by atoms with Gasteiger partial charge in [0.05, 0.1) is 5.39 Å². The highest BCUT2D eigenvalue weighted by Gasteiger charge is 2.15. The van der Waals surface area contributed by atoms with Crippen molar-refractivity contribution in [2.24, 2.45) is 0 Å². The summed E-state index contributed by atoms with van der Waals surface area (Å²) in [4.78, 5) is 39.6. The van der Waals surface area contributed by atoms with Crippen molar-refractivity contribution in [2.75, 3.05) is 12.4 Å². The van der Waals surface area contributed by atoms with Gasteiger partial charge in [-0.25, -0.2) is 4.98 Å². The second kappa shape index (κ2) is 6.01. The van der Waals surface area contributed by atoms with Gasteiger partial charge in [-0.3, -0.25) is 19.7 Å². The van der Waals surface area contributed by atoms with Crippen molar-refractivity contribution in [3.05, 3.63) is 57.4 Å². The zero-order valence-corrected chi connectivity index (χ0v) is 12.8. The average Bonchev–Trinajstić information content (AvgIpc) is 3.02. The lowest BCUT2D eigenvalue weighted by molar-refractivity contribution is 0.0956. The lowest BCUT2D eigenvalue weighted by Crippen LogP contribution is -2.18. The van der Waals surface area contributed by atoms with Gasteiger partial charge in [0.2, 0.25) is 0 Å². The number of anilines is 1. The van der Waals surface area contributed by atoms with Crippen LogP contribution in [0.2, 0.25) is 0 Å². The molecule has 116 valence electrons. The number of hydrogen-bond donors (Lipinski definition) is 2. The van der Waals surface area contributed by atoms with E-state index in [0.29, 0.717) is 11.0 Å². The Balaban J connectivity index is 1.87. The summed E-state index contributed by atoms with van der Waals surface area (Å²) in [5.74, 6) is -1.07. The van der Waals surface area contributed by atoms with Gasteiger partial charge in [0.1, 0.15) is 11.3 Å². The number of amides is 2. The van der Waals surface area contributed by atoms with E-state index in [1.165, 1.54) is 12.4 Å². The summed E-state index contributed by atoms with van der Waals surface area (Å²) in [5, 5.41) is 7.11. The Hall–Kier alpha value is -3.00. The molecular weight excluding hydrogens is 318 g/mol. The highest BCUT2D eigenvalue weighted by Crippen LogP contribution is 2.17. The third-order valence-corrected chi connectivity index (χ3v) is 3.80. The highest BCUT2D eigenvalue weighted by atomic mass is 32.1. The molecule has 2 N–H and O–H groups in total. The minimum absolute atomic E-state index is 0.120. The van der Waals surface area contributed by atoms with Crippen LogP contribution in [0.15, 0.2) is 44.9 Å². The van der Waals surface area contributed by atoms with Crippen LogP contribution in [-0.4, -0.2) is 23.8 Å². The molecule has 0 fully saturated rings. The van der Waals surface area contributed by atoms with Crippen molar-refractivity contribution in [1.82, 2.24) is 10.3 Å². The molecule has 0 atom stereocenters. The normalized spacial score (nSPS) is 10.5. The van der Waals surface area contributed by atoms with Gasteiger partial charge < -0.3 is 9.73 Å². The number of carbonyl (C=O) groups excluding carboxylic acids is 2. The van der Waals surface area contributed by atoms with Gasteiger partial charge in [0.15, 0.2) is 16.3 Å². The maximum Gasteiger partial charge on any atom is 0.293 e. The van der Waals surface area contributed by atoms with Crippen LogP contribution in [0.3, 0.4) is 0 Å². The summed E-state index contributed by atoms with van der Waals surface area (Å²) in [7, 11) is 1.49. The molecule has 2 aromatic heterocycles. The zero-order chi connectivity index (χ0) is 16.4. The van der Waals surface area contributed by atoms with Gasteiger partial charge in [0.25, 0.3) is 11.8 Å². The summed E-state index contributed by atoms with van der Waals surface area (Å²) in [6.07, 6.45) is 0. The highest BCUT2D eigenvalue weighted by molar-refractivity contribution is 7.14. The second-order valence-corrected chi connectivity index (χ2v) is 5.40. The lowest BCUT2D eigenvalue weighted by Gasteiger charge is -2.02. The summed E-state index contributed by atoms with van der Waals surface area (Å²) in [5.41, 5.74) is 0.227. The molecule has 0 saturated heterocycles. The van der Waals surface area contributed by atoms with Crippen molar-refractivity contribution in [1.29, 1.82) is 0 Å². The van der Waals surface area contributed by atoms with Crippen LogP contribution in [0, 0.1) is 0 Å². The summed E-state index contributed by atoms with van der Waals surface area (Å²) >= 11 is 1.10. The predicted molar refractivity (Wildman–Crippen MR) is 85.9 cm³/mol. The number of nitrogens with zero attached hydrogens (tertiary/aromatic N) is 1. The maximum atomic E-state index is 12.2.